The summed E-state index contributed by atoms with van der Waals surface area (Å²) in [4.78, 5) is 0. The summed E-state index contributed by atoms with van der Waals surface area (Å²) >= 11 is 0. The summed E-state index contributed by atoms with van der Waals surface area (Å²) in [7, 11) is 0. The van der Waals surface area contributed by atoms with Crippen LogP contribution in [0.1, 0.15) is 46.0 Å². The van der Waals surface area contributed by atoms with E-state index in [0.717, 1.165) is 25.8 Å². The van der Waals surface area contributed by atoms with E-state index in [1.807, 2.05) is 0 Å². The van der Waals surface area contributed by atoms with Crippen molar-refractivity contribution in [2.45, 2.75) is 58.1 Å². The fourth-order valence-electron chi connectivity index (χ4n) is 1.91. The van der Waals surface area contributed by atoms with Gasteiger partial charge in [-0.25, -0.2) is 0 Å². The van der Waals surface area contributed by atoms with Gasteiger partial charge >= 0.3 is 0 Å². The van der Waals surface area contributed by atoms with Crippen molar-refractivity contribution in [3.8, 4) is 0 Å². The number of piperidine rings is 1. The van der Waals surface area contributed by atoms with Crippen LogP contribution in [0.5, 0.6) is 0 Å². The Kier molecular flexibility index (Phi) is 4.74. The first kappa shape index (κ1) is 11.0. The number of hydrogen-bond acceptors (Lipinski definition) is 2. The van der Waals surface area contributed by atoms with E-state index in [2.05, 4.69) is 19.2 Å². The van der Waals surface area contributed by atoms with Gasteiger partial charge in [0.15, 0.2) is 0 Å². The monoisotopic (exact) mass is 185 g/mol. The van der Waals surface area contributed by atoms with Gasteiger partial charge in [-0.2, -0.15) is 0 Å². The molecule has 0 bridgehead atoms. The lowest BCUT2D eigenvalue weighted by Crippen LogP contribution is -2.43. The molecule has 1 aliphatic heterocycles. The summed E-state index contributed by atoms with van der Waals surface area (Å²) in [6.07, 6.45) is 5.67. The molecule has 1 heterocycles. The van der Waals surface area contributed by atoms with Gasteiger partial charge in [0.25, 0.3) is 0 Å². The van der Waals surface area contributed by atoms with Crippen LogP contribution in [0, 0.1) is 5.92 Å². The highest BCUT2D eigenvalue weighted by atomic mass is 16.3. The Hall–Kier alpha value is -0.0800. The van der Waals surface area contributed by atoms with Crippen LogP contribution in [0.2, 0.25) is 0 Å². The van der Waals surface area contributed by atoms with Crippen molar-refractivity contribution in [2.75, 3.05) is 6.54 Å². The Morgan fingerprint density at radius 3 is 2.62 bits per heavy atom. The van der Waals surface area contributed by atoms with Gasteiger partial charge in [-0.05, 0) is 38.1 Å². The second kappa shape index (κ2) is 5.61. The molecule has 2 nitrogen and oxygen atoms in total. The van der Waals surface area contributed by atoms with E-state index < -0.39 is 0 Å². The lowest BCUT2D eigenvalue weighted by molar-refractivity contribution is 0.0991. The maximum Gasteiger partial charge on any atom is 0.0693 e. The number of rotatable bonds is 4. The zero-order chi connectivity index (χ0) is 9.68. The van der Waals surface area contributed by atoms with Crippen LogP contribution >= 0.6 is 0 Å². The zero-order valence-electron chi connectivity index (χ0n) is 8.92. The third-order valence-corrected chi connectivity index (χ3v) is 2.85. The smallest absolute Gasteiger partial charge is 0.0693 e. The van der Waals surface area contributed by atoms with Gasteiger partial charge in [-0.3, -0.25) is 0 Å². The van der Waals surface area contributed by atoms with Gasteiger partial charge in [0.1, 0.15) is 0 Å². The van der Waals surface area contributed by atoms with Crippen molar-refractivity contribution in [2.24, 2.45) is 5.92 Å². The second-order valence-corrected chi connectivity index (χ2v) is 4.59. The van der Waals surface area contributed by atoms with Crippen LogP contribution in [-0.4, -0.2) is 23.8 Å². The van der Waals surface area contributed by atoms with E-state index in [1.165, 1.54) is 12.8 Å². The Balaban J connectivity index is 2.17. The van der Waals surface area contributed by atoms with Crippen LogP contribution < -0.4 is 5.32 Å². The lowest BCUT2D eigenvalue weighted by atomic mass is 9.95. The predicted octanol–water partition coefficient (Wildman–Crippen LogP) is 1.93. The molecule has 0 aliphatic carbocycles. The van der Waals surface area contributed by atoms with Crippen molar-refractivity contribution < 1.29 is 5.11 Å². The van der Waals surface area contributed by atoms with E-state index in [9.17, 15) is 5.11 Å². The first-order valence-electron chi connectivity index (χ1n) is 5.61. The summed E-state index contributed by atoms with van der Waals surface area (Å²) < 4.78 is 0. The summed E-state index contributed by atoms with van der Waals surface area (Å²) in [5.74, 6) is 0.707. The molecule has 13 heavy (non-hydrogen) atoms. The summed E-state index contributed by atoms with van der Waals surface area (Å²) in [6.45, 7) is 5.51. The summed E-state index contributed by atoms with van der Waals surface area (Å²) in [5, 5.41) is 13.3. The van der Waals surface area contributed by atoms with Crippen molar-refractivity contribution in [3.63, 3.8) is 0 Å². The topological polar surface area (TPSA) is 32.3 Å². The number of nitrogens with one attached hydrogen (secondary N) is 1. The van der Waals surface area contributed by atoms with E-state index in [-0.39, 0.29) is 6.10 Å². The number of aliphatic hydroxyl groups is 1. The molecular formula is C11H23NO. The highest BCUT2D eigenvalue weighted by Gasteiger charge is 2.20. The average molecular weight is 185 g/mol. The molecule has 0 spiro atoms. The largest absolute Gasteiger partial charge is 0.392 e. The fraction of sp³-hybridized carbons (Fsp3) is 1.00. The zero-order valence-corrected chi connectivity index (χ0v) is 8.92. The third kappa shape index (κ3) is 4.10. The molecule has 0 aromatic carbocycles. The molecule has 0 aromatic rings. The van der Waals surface area contributed by atoms with Gasteiger partial charge in [0, 0.05) is 6.04 Å². The van der Waals surface area contributed by atoms with Gasteiger partial charge in [-0.1, -0.05) is 20.3 Å². The predicted molar refractivity (Wildman–Crippen MR) is 55.7 cm³/mol. The maximum absolute atomic E-state index is 9.86. The van der Waals surface area contributed by atoms with Gasteiger partial charge in [0.2, 0.25) is 0 Å². The van der Waals surface area contributed by atoms with Crippen LogP contribution in [0.25, 0.3) is 0 Å². The molecule has 2 heteroatoms. The van der Waals surface area contributed by atoms with Crippen molar-refractivity contribution in [1.29, 1.82) is 0 Å². The normalized spacial score (nSPS) is 26.3. The number of hydrogen-bond donors (Lipinski definition) is 2. The highest BCUT2D eigenvalue weighted by Crippen LogP contribution is 2.15. The Morgan fingerprint density at radius 1 is 1.31 bits per heavy atom. The lowest BCUT2D eigenvalue weighted by Gasteiger charge is -2.28. The molecule has 1 fully saturated rings. The highest BCUT2D eigenvalue weighted by molar-refractivity contribution is 4.79. The van der Waals surface area contributed by atoms with E-state index in [4.69, 9.17) is 0 Å². The molecule has 0 saturated carbocycles. The van der Waals surface area contributed by atoms with E-state index >= 15 is 0 Å². The van der Waals surface area contributed by atoms with Crippen molar-refractivity contribution >= 4 is 0 Å². The van der Waals surface area contributed by atoms with Gasteiger partial charge in [0.05, 0.1) is 6.10 Å². The molecule has 2 unspecified atom stereocenters. The molecule has 2 atom stereocenters. The van der Waals surface area contributed by atoms with Crippen molar-refractivity contribution in [3.05, 3.63) is 0 Å². The van der Waals surface area contributed by atoms with Crippen LogP contribution in [-0.2, 0) is 0 Å². The third-order valence-electron chi connectivity index (χ3n) is 2.85. The standard InChI is InChI=1S/C11H23NO/c1-9(2)6-7-11(13)10-5-3-4-8-12-10/h9-13H,3-8H2,1-2H3. The molecule has 0 radical (unpaired) electrons. The van der Waals surface area contributed by atoms with Gasteiger partial charge in [-0.15, -0.1) is 0 Å². The molecule has 1 saturated heterocycles. The summed E-state index contributed by atoms with van der Waals surface area (Å²) in [6, 6.07) is 0.368. The van der Waals surface area contributed by atoms with Crippen LogP contribution in [0.3, 0.4) is 0 Å². The minimum Gasteiger partial charge on any atom is -0.392 e. The quantitative estimate of drug-likeness (QED) is 0.701. The first-order valence-corrected chi connectivity index (χ1v) is 5.61. The second-order valence-electron chi connectivity index (χ2n) is 4.59. The SMILES string of the molecule is CC(C)CCC(O)C1CCCCN1. The Morgan fingerprint density at radius 2 is 2.08 bits per heavy atom. The minimum absolute atomic E-state index is 0.123. The maximum atomic E-state index is 9.86. The molecule has 78 valence electrons. The average Bonchev–Trinajstić information content (AvgIpc) is 2.15. The van der Waals surface area contributed by atoms with Crippen molar-refractivity contribution in [1.82, 2.24) is 5.32 Å². The molecule has 1 rings (SSSR count). The molecule has 1 aliphatic rings. The first-order chi connectivity index (χ1) is 6.20. The van der Waals surface area contributed by atoms with E-state index in [0.29, 0.717) is 12.0 Å². The van der Waals surface area contributed by atoms with E-state index in [1.54, 1.807) is 0 Å². The minimum atomic E-state index is -0.123. The fourth-order valence-corrected chi connectivity index (χ4v) is 1.91. The molecule has 0 amide bonds. The molecular weight excluding hydrogens is 162 g/mol. The van der Waals surface area contributed by atoms with Gasteiger partial charge < -0.3 is 10.4 Å². The van der Waals surface area contributed by atoms with Crippen LogP contribution in [0.15, 0.2) is 0 Å². The summed E-state index contributed by atoms with van der Waals surface area (Å²) in [5.41, 5.74) is 0. The number of aliphatic hydroxyl groups excluding tert-OH is 1. The Labute approximate surface area is 81.7 Å². The van der Waals surface area contributed by atoms with Crippen LogP contribution in [0.4, 0.5) is 0 Å². The molecule has 0 aromatic heterocycles. The Bertz CT molecular complexity index is 130. The molecule has 2 N–H and O–H groups in total.